The average molecular weight is 572 g/mol. The lowest BCUT2D eigenvalue weighted by atomic mass is 9.96. The van der Waals surface area contributed by atoms with Crippen LogP contribution in [0.25, 0.3) is 0 Å². The van der Waals surface area contributed by atoms with Crippen LogP contribution in [0.3, 0.4) is 0 Å². The van der Waals surface area contributed by atoms with Crippen LogP contribution in [0.5, 0.6) is 5.75 Å². The molecule has 0 aliphatic carbocycles. The van der Waals surface area contributed by atoms with Gasteiger partial charge in [-0.25, -0.2) is 14.0 Å². The van der Waals surface area contributed by atoms with Gasteiger partial charge in [-0.3, -0.25) is 15.0 Å². The van der Waals surface area contributed by atoms with E-state index in [4.69, 9.17) is 21.0 Å². The van der Waals surface area contributed by atoms with Crippen LogP contribution in [0.15, 0.2) is 30.3 Å². The minimum atomic E-state index is -3.58. The molecule has 2 unspecified atom stereocenters. The fraction of sp³-hybridized carbons (Fsp3) is 0.400. The second-order valence-corrected chi connectivity index (χ2v) is 10.1. The first-order chi connectivity index (χ1) is 18.1. The van der Waals surface area contributed by atoms with Crippen molar-refractivity contribution in [2.45, 2.75) is 39.0 Å². The number of ether oxygens (including phenoxy) is 1. The first kappa shape index (κ1) is 31.3. The summed E-state index contributed by atoms with van der Waals surface area (Å²) in [5.41, 5.74) is 5.50. The van der Waals surface area contributed by atoms with E-state index in [1.807, 2.05) is 0 Å². The monoisotopic (exact) mass is 571 g/mol. The van der Waals surface area contributed by atoms with E-state index in [1.165, 1.54) is 12.1 Å². The van der Waals surface area contributed by atoms with Crippen LogP contribution < -0.4 is 10.5 Å². The number of nitrogens with one attached hydrogen (secondary N) is 1. The number of hydrogen-bond acceptors (Lipinski definition) is 7. The maximum absolute atomic E-state index is 14.1. The Labute approximate surface area is 225 Å². The number of benzene rings is 1. The SMILES string of the molecule is CC(Cc1ccc(C(=O)Oc2ccc(C(=N)N)cc2F)s1)C(=O)N1CCCC(C(=O)O)C1.CC(F)(F)C(=O)O. The van der Waals surface area contributed by atoms with Gasteiger partial charge in [0.05, 0.1) is 5.92 Å². The van der Waals surface area contributed by atoms with E-state index in [0.29, 0.717) is 32.7 Å². The molecule has 2 aromatic rings. The summed E-state index contributed by atoms with van der Waals surface area (Å²) < 4.78 is 41.7. The van der Waals surface area contributed by atoms with Crippen molar-refractivity contribution in [1.29, 1.82) is 5.41 Å². The van der Waals surface area contributed by atoms with E-state index >= 15 is 0 Å². The lowest BCUT2D eigenvalue weighted by Gasteiger charge is -2.32. The number of carboxylic acids is 2. The number of piperidine rings is 1. The van der Waals surface area contributed by atoms with Crippen LogP contribution in [-0.2, 0) is 20.8 Å². The van der Waals surface area contributed by atoms with Crippen LogP contribution in [0.4, 0.5) is 13.2 Å². The summed E-state index contributed by atoms with van der Waals surface area (Å²) >= 11 is 1.16. The third kappa shape index (κ3) is 9.09. The van der Waals surface area contributed by atoms with Gasteiger partial charge in [0, 0.05) is 36.4 Å². The number of thiophene rings is 1. The van der Waals surface area contributed by atoms with E-state index in [0.717, 1.165) is 22.3 Å². The summed E-state index contributed by atoms with van der Waals surface area (Å²) in [4.78, 5) is 48.3. The third-order valence-electron chi connectivity index (χ3n) is 5.70. The van der Waals surface area contributed by atoms with Gasteiger partial charge in [0.25, 0.3) is 0 Å². The standard InChI is InChI=1S/C22H24FN3O5S.C3H4F2O2/c1-12(20(27)26-8-2-3-14(11-26)21(28)29)9-15-5-7-18(32-15)22(30)31-17-6-4-13(19(24)25)10-16(17)23;1-3(4,5)2(6)7/h4-7,10,12,14H,2-3,8-9,11H2,1H3,(H3,24,25)(H,28,29);1H3,(H,6,7). The zero-order chi connectivity index (χ0) is 29.5. The molecule has 1 aliphatic heterocycles. The lowest BCUT2D eigenvalue weighted by Crippen LogP contribution is -2.44. The largest absolute Gasteiger partial charge is 0.481 e. The Hall–Kier alpha value is -3.94. The Morgan fingerprint density at radius 1 is 1.23 bits per heavy atom. The van der Waals surface area contributed by atoms with E-state index in [2.05, 4.69) is 0 Å². The molecule has 14 heteroatoms. The van der Waals surface area contributed by atoms with Gasteiger partial charge in [-0.2, -0.15) is 8.78 Å². The molecule has 39 heavy (non-hydrogen) atoms. The number of aliphatic carboxylic acids is 2. The highest BCUT2D eigenvalue weighted by Gasteiger charge is 2.31. The molecular weight excluding hydrogens is 543 g/mol. The molecule has 1 aliphatic rings. The molecule has 0 radical (unpaired) electrons. The molecular formula is C25H28F3N3O7S. The number of carboxylic acid groups (broad SMARTS) is 2. The first-order valence-corrected chi connectivity index (χ1v) is 12.5. The molecule has 1 fully saturated rings. The summed E-state index contributed by atoms with van der Waals surface area (Å²) in [5, 5.41) is 24.0. The Morgan fingerprint density at radius 2 is 1.87 bits per heavy atom. The minimum Gasteiger partial charge on any atom is -0.481 e. The van der Waals surface area contributed by atoms with Crippen LogP contribution in [0, 0.1) is 23.1 Å². The van der Waals surface area contributed by atoms with Crippen LogP contribution >= 0.6 is 11.3 Å². The smallest absolute Gasteiger partial charge is 0.374 e. The van der Waals surface area contributed by atoms with Gasteiger partial charge in [0.2, 0.25) is 5.91 Å². The summed E-state index contributed by atoms with van der Waals surface area (Å²) in [5.74, 6) is -9.67. The topological polar surface area (TPSA) is 171 Å². The predicted octanol–water partition coefficient (Wildman–Crippen LogP) is 3.62. The van der Waals surface area contributed by atoms with Gasteiger partial charge in [-0.1, -0.05) is 6.92 Å². The number of likely N-dealkylation sites (tertiary alicyclic amines) is 1. The summed E-state index contributed by atoms with van der Waals surface area (Å²) in [6, 6.07) is 6.92. The van der Waals surface area contributed by atoms with Crippen molar-refractivity contribution in [1.82, 2.24) is 4.90 Å². The predicted molar refractivity (Wildman–Crippen MR) is 135 cm³/mol. The average Bonchev–Trinajstić information content (AvgIpc) is 3.33. The van der Waals surface area contributed by atoms with E-state index in [9.17, 15) is 37.5 Å². The quantitative estimate of drug-likeness (QED) is 0.161. The molecule has 10 nitrogen and oxygen atoms in total. The number of carbonyl (C=O) groups excluding carboxylic acids is 2. The third-order valence-corrected chi connectivity index (χ3v) is 6.78. The molecule has 2 heterocycles. The molecule has 5 N–H and O–H groups in total. The Balaban J connectivity index is 0.000000673. The number of nitrogen functional groups attached to an aromatic ring is 1. The van der Waals surface area contributed by atoms with Gasteiger partial charge in [-0.15, -0.1) is 11.3 Å². The van der Waals surface area contributed by atoms with Crippen LogP contribution in [0.2, 0.25) is 0 Å². The number of esters is 1. The summed E-state index contributed by atoms with van der Waals surface area (Å²) in [6.07, 6.45) is 1.63. The van der Waals surface area contributed by atoms with Gasteiger partial charge >= 0.3 is 23.8 Å². The molecule has 0 bridgehead atoms. The van der Waals surface area contributed by atoms with E-state index in [1.54, 1.807) is 24.0 Å². The number of carbonyl (C=O) groups is 4. The molecule has 1 aromatic carbocycles. The fourth-order valence-electron chi connectivity index (χ4n) is 3.58. The van der Waals surface area contributed by atoms with E-state index < -0.39 is 35.6 Å². The van der Waals surface area contributed by atoms with Crippen molar-refractivity contribution in [2.24, 2.45) is 17.6 Å². The van der Waals surface area contributed by atoms with Gasteiger partial charge in [0.1, 0.15) is 10.7 Å². The van der Waals surface area contributed by atoms with Crippen molar-refractivity contribution in [3.63, 3.8) is 0 Å². The molecule has 3 rings (SSSR count). The highest BCUT2D eigenvalue weighted by Crippen LogP contribution is 2.25. The van der Waals surface area contributed by atoms with Crippen molar-refractivity contribution in [3.05, 3.63) is 51.5 Å². The Morgan fingerprint density at radius 3 is 2.41 bits per heavy atom. The highest BCUT2D eigenvalue weighted by atomic mass is 32.1. The zero-order valence-electron chi connectivity index (χ0n) is 21.1. The van der Waals surface area contributed by atoms with E-state index in [-0.39, 0.29) is 40.4 Å². The summed E-state index contributed by atoms with van der Waals surface area (Å²) in [7, 11) is 0. The number of alkyl halides is 2. The molecule has 1 saturated heterocycles. The lowest BCUT2D eigenvalue weighted by molar-refractivity contribution is -0.162. The number of nitrogens with zero attached hydrogens (tertiary/aromatic N) is 1. The number of rotatable bonds is 8. The highest BCUT2D eigenvalue weighted by molar-refractivity contribution is 7.13. The molecule has 0 saturated carbocycles. The zero-order valence-corrected chi connectivity index (χ0v) is 21.9. The molecule has 2 atom stereocenters. The molecule has 0 spiro atoms. The second-order valence-electron chi connectivity index (χ2n) is 8.97. The number of amides is 1. The maximum atomic E-state index is 14.1. The Kier molecular flexibility index (Phi) is 10.6. The number of hydrogen-bond donors (Lipinski definition) is 4. The normalized spacial score (nSPS) is 15.9. The minimum absolute atomic E-state index is 0.110. The maximum Gasteiger partial charge on any atom is 0.374 e. The van der Waals surface area contributed by atoms with Crippen molar-refractivity contribution in [2.75, 3.05) is 13.1 Å². The van der Waals surface area contributed by atoms with Crippen LogP contribution in [-0.4, -0.2) is 63.8 Å². The van der Waals surface area contributed by atoms with Crippen molar-refractivity contribution >= 4 is 41.0 Å². The second kappa shape index (κ2) is 13.2. The number of nitrogens with two attached hydrogens (primary N) is 1. The Bertz CT molecular complexity index is 1250. The van der Waals surface area contributed by atoms with Crippen molar-refractivity contribution < 1.29 is 47.3 Å². The molecule has 1 amide bonds. The van der Waals surface area contributed by atoms with Gasteiger partial charge in [0.15, 0.2) is 11.6 Å². The fourth-order valence-corrected chi connectivity index (χ4v) is 4.59. The van der Waals surface area contributed by atoms with Crippen LogP contribution in [0.1, 0.15) is 46.8 Å². The number of amidine groups is 1. The molecule has 1 aromatic heterocycles. The summed E-state index contributed by atoms with van der Waals surface area (Å²) in [6.45, 7) is 2.86. The molecule has 212 valence electrons. The number of halogens is 3. The first-order valence-electron chi connectivity index (χ1n) is 11.7. The van der Waals surface area contributed by atoms with Gasteiger partial charge in [-0.05, 0) is 49.6 Å². The van der Waals surface area contributed by atoms with Gasteiger partial charge < -0.3 is 25.6 Å². The van der Waals surface area contributed by atoms with Crippen molar-refractivity contribution in [3.8, 4) is 5.75 Å².